The summed E-state index contributed by atoms with van der Waals surface area (Å²) in [4.78, 5) is 0. The molecule has 1 atom stereocenters. The normalized spacial score (nSPS) is 17.8. The maximum atomic E-state index is 5.90. The summed E-state index contributed by atoms with van der Waals surface area (Å²) < 4.78 is 10.8. The summed E-state index contributed by atoms with van der Waals surface area (Å²) >= 11 is 5.90. The average molecular weight is 241 g/mol. The molecule has 0 N–H and O–H groups in total. The van der Waals surface area contributed by atoms with Crippen molar-refractivity contribution in [3.8, 4) is 0 Å². The van der Waals surface area contributed by atoms with Crippen LogP contribution in [-0.4, -0.2) is 20.5 Å². The van der Waals surface area contributed by atoms with E-state index in [2.05, 4.69) is 12.1 Å². The second kappa shape index (κ2) is 5.17. The Hall–Kier alpha value is -0.570. The average Bonchev–Trinajstić information content (AvgIpc) is 3.11. The van der Waals surface area contributed by atoms with Crippen LogP contribution in [0.25, 0.3) is 0 Å². The van der Waals surface area contributed by atoms with E-state index in [1.54, 1.807) is 14.2 Å². The molecule has 2 rings (SSSR count). The number of rotatable bonds is 5. The van der Waals surface area contributed by atoms with Crippen LogP contribution in [0, 0.1) is 5.92 Å². The molecular formula is C13H17ClO2. The molecule has 0 amide bonds. The van der Waals surface area contributed by atoms with Crippen LogP contribution >= 0.6 is 11.6 Å². The van der Waals surface area contributed by atoms with Crippen LogP contribution in [0.1, 0.15) is 24.3 Å². The van der Waals surface area contributed by atoms with Gasteiger partial charge < -0.3 is 9.47 Å². The van der Waals surface area contributed by atoms with E-state index in [4.69, 9.17) is 21.1 Å². The molecule has 1 aromatic rings. The maximum Gasteiger partial charge on any atom is 0.163 e. The molecular weight excluding hydrogens is 224 g/mol. The van der Waals surface area contributed by atoms with Gasteiger partial charge in [-0.05, 0) is 36.5 Å². The largest absolute Gasteiger partial charge is 0.355 e. The second-order valence-corrected chi connectivity index (χ2v) is 4.69. The zero-order valence-corrected chi connectivity index (χ0v) is 10.4. The number of hydrogen-bond acceptors (Lipinski definition) is 2. The minimum atomic E-state index is -0.159. The van der Waals surface area contributed by atoms with Gasteiger partial charge >= 0.3 is 0 Å². The summed E-state index contributed by atoms with van der Waals surface area (Å²) in [7, 11) is 3.39. The molecule has 1 saturated carbocycles. The monoisotopic (exact) mass is 240 g/mol. The van der Waals surface area contributed by atoms with Gasteiger partial charge in [0.15, 0.2) is 6.29 Å². The van der Waals surface area contributed by atoms with E-state index >= 15 is 0 Å². The fourth-order valence-electron chi connectivity index (χ4n) is 2.18. The first kappa shape index (κ1) is 11.9. The van der Waals surface area contributed by atoms with Crippen LogP contribution in [0.15, 0.2) is 24.3 Å². The van der Waals surface area contributed by atoms with E-state index < -0.39 is 0 Å². The smallest absolute Gasteiger partial charge is 0.163 e. The Morgan fingerprint density at radius 2 is 1.69 bits per heavy atom. The van der Waals surface area contributed by atoms with Crippen molar-refractivity contribution in [1.82, 2.24) is 0 Å². The van der Waals surface area contributed by atoms with E-state index in [0.717, 1.165) is 5.02 Å². The van der Waals surface area contributed by atoms with Crippen LogP contribution in [0.3, 0.4) is 0 Å². The lowest BCUT2D eigenvalue weighted by Crippen LogP contribution is -2.24. The third-order valence-corrected chi connectivity index (χ3v) is 3.39. The standard InChI is InChI=1S/C13H17ClO2/c1-15-13(16-2)12(9-3-4-9)10-5-7-11(14)8-6-10/h5-9,12-13H,3-4H2,1-2H3. The topological polar surface area (TPSA) is 18.5 Å². The van der Waals surface area contributed by atoms with Gasteiger partial charge in [-0.25, -0.2) is 0 Å². The Labute approximate surface area is 102 Å². The molecule has 1 aliphatic carbocycles. The molecule has 0 aliphatic heterocycles. The van der Waals surface area contributed by atoms with Gasteiger partial charge in [0, 0.05) is 25.2 Å². The SMILES string of the molecule is COC(OC)C(c1ccc(Cl)cc1)C1CC1. The molecule has 0 spiro atoms. The van der Waals surface area contributed by atoms with Crippen LogP contribution in [0.5, 0.6) is 0 Å². The van der Waals surface area contributed by atoms with Gasteiger partial charge in [0.25, 0.3) is 0 Å². The third-order valence-electron chi connectivity index (χ3n) is 3.14. The van der Waals surface area contributed by atoms with Crippen LogP contribution < -0.4 is 0 Å². The van der Waals surface area contributed by atoms with Gasteiger partial charge in [0.1, 0.15) is 0 Å². The summed E-state index contributed by atoms with van der Waals surface area (Å²) in [6.07, 6.45) is 2.36. The summed E-state index contributed by atoms with van der Waals surface area (Å²) in [5, 5.41) is 0.768. The van der Waals surface area contributed by atoms with Gasteiger partial charge in [-0.3, -0.25) is 0 Å². The Balaban J connectivity index is 2.21. The van der Waals surface area contributed by atoms with Gasteiger partial charge in [0.2, 0.25) is 0 Å². The molecule has 3 heteroatoms. The summed E-state index contributed by atoms with van der Waals surface area (Å²) in [6.45, 7) is 0. The molecule has 1 aromatic carbocycles. The first-order chi connectivity index (χ1) is 7.76. The van der Waals surface area contributed by atoms with Gasteiger partial charge in [-0.15, -0.1) is 0 Å². The number of hydrogen-bond donors (Lipinski definition) is 0. The van der Waals surface area contributed by atoms with E-state index in [-0.39, 0.29) is 6.29 Å². The molecule has 1 unspecified atom stereocenters. The summed E-state index contributed by atoms with van der Waals surface area (Å²) in [6, 6.07) is 7.98. The summed E-state index contributed by atoms with van der Waals surface area (Å²) in [5.41, 5.74) is 1.25. The van der Waals surface area contributed by atoms with Crippen molar-refractivity contribution in [3.05, 3.63) is 34.9 Å². The molecule has 1 aliphatic rings. The predicted octanol–water partition coefficient (Wildman–Crippen LogP) is 3.45. The Morgan fingerprint density at radius 1 is 1.12 bits per heavy atom. The number of methoxy groups -OCH3 is 2. The molecule has 0 radical (unpaired) electrons. The van der Waals surface area contributed by atoms with E-state index in [0.29, 0.717) is 11.8 Å². The highest BCUT2D eigenvalue weighted by atomic mass is 35.5. The van der Waals surface area contributed by atoms with Crippen LogP contribution in [0.4, 0.5) is 0 Å². The molecule has 0 saturated heterocycles. The second-order valence-electron chi connectivity index (χ2n) is 4.25. The van der Waals surface area contributed by atoms with E-state index in [1.807, 2.05) is 12.1 Å². The number of halogens is 1. The van der Waals surface area contributed by atoms with Crippen molar-refractivity contribution in [2.45, 2.75) is 25.0 Å². The van der Waals surface area contributed by atoms with Crippen molar-refractivity contribution in [1.29, 1.82) is 0 Å². The molecule has 16 heavy (non-hydrogen) atoms. The molecule has 88 valence electrons. The zero-order chi connectivity index (χ0) is 11.5. The van der Waals surface area contributed by atoms with Crippen LogP contribution in [-0.2, 0) is 9.47 Å². The highest BCUT2D eigenvalue weighted by molar-refractivity contribution is 6.30. The predicted molar refractivity (Wildman–Crippen MR) is 64.7 cm³/mol. The first-order valence-corrected chi connectivity index (χ1v) is 5.95. The molecule has 2 nitrogen and oxygen atoms in total. The fourth-order valence-corrected chi connectivity index (χ4v) is 2.31. The van der Waals surface area contributed by atoms with Crippen molar-refractivity contribution in [3.63, 3.8) is 0 Å². The van der Waals surface area contributed by atoms with Gasteiger partial charge in [-0.1, -0.05) is 23.7 Å². The van der Waals surface area contributed by atoms with Crippen molar-refractivity contribution in [2.24, 2.45) is 5.92 Å². The molecule has 1 fully saturated rings. The van der Waals surface area contributed by atoms with Crippen molar-refractivity contribution in [2.75, 3.05) is 14.2 Å². The number of ether oxygens (including phenoxy) is 2. The lowest BCUT2D eigenvalue weighted by atomic mass is 9.93. The Kier molecular flexibility index (Phi) is 3.85. The fraction of sp³-hybridized carbons (Fsp3) is 0.538. The highest BCUT2D eigenvalue weighted by Gasteiger charge is 2.38. The molecule has 0 bridgehead atoms. The minimum Gasteiger partial charge on any atom is -0.355 e. The highest BCUT2D eigenvalue weighted by Crippen LogP contribution is 2.45. The minimum absolute atomic E-state index is 0.159. The maximum absolute atomic E-state index is 5.90. The summed E-state index contributed by atoms with van der Waals surface area (Å²) in [5.74, 6) is 1.01. The van der Waals surface area contributed by atoms with Gasteiger partial charge in [-0.2, -0.15) is 0 Å². The quantitative estimate of drug-likeness (QED) is 0.734. The lowest BCUT2D eigenvalue weighted by Gasteiger charge is -2.25. The third kappa shape index (κ3) is 2.57. The van der Waals surface area contributed by atoms with Crippen LogP contribution in [0.2, 0.25) is 5.02 Å². The molecule has 0 aromatic heterocycles. The van der Waals surface area contributed by atoms with E-state index in [9.17, 15) is 0 Å². The molecule has 0 heterocycles. The van der Waals surface area contributed by atoms with Crippen molar-refractivity contribution >= 4 is 11.6 Å². The van der Waals surface area contributed by atoms with Crippen molar-refractivity contribution < 1.29 is 9.47 Å². The Bertz CT molecular complexity index is 328. The lowest BCUT2D eigenvalue weighted by molar-refractivity contribution is -0.122. The number of benzene rings is 1. The van der Waals surface area contributed by atoms with Gasteiger partial charge in [0.05, 0.1) is 0 Å². The zero-order valence-electron chi connectivity index (χ0n) is 9.65. The Morgan fingerprint density at radius 3 is 2.12 bits per heavy atom. The first-order valence-electron chi connectivity index (χ1n) is 5.57. The van der Waals surface area contributed by atoms with E-state index in [1.165, 1.54) is 18.4 Å².